The number of alkyl halides is 2. The molecule has 5 heteroatoms. The summed E-state index contributed by atoms with van der Waals surface area (Å²) in [4.78, 5) is 11.0. The van der Waals surface area contributed by atoms with Crippen LogP contribution in [0.15, 0.2) is 18.2 Å². The van der Waals surface area contributed by atoms with E-state index in [4.69, 9.17) is 9.84 Å². The van der Waals surface area contributed by atoms with Gasteiger partial charge in [-0.25, -0.2) is 8.78 Å². The van der Waals surface area contributed by atoms with Crippen molar-refractivity contribution in [1.82, 2.24) is 0 Å². The van der Waals surface area contributed by atoms with Gasteiger partial charge in [0.05, 0.1) is 17.6 Å². The van der Waals surface area contributed by atoms with Crippen molar-refractivity contribution in [2.24, 2.45) is 5.41 Å². The molecule has 0 aliphatic heterocycles. The molecule has 20 heavy (non-hydrogen) atoms. The lowest BCUT2D eigenvalue weighted by molar-refractivity contribution is -0.153. The molecule has 1 aromatic carbocycles. The van der Waals surface area contributed by atoms with Gasteiger partial charge in [-0.1, -0.05) is 11.6 Å². The summed E-state index contributed by atoms with van der Waals surface area (Å²) in [5, 5.41) is 9.01. The second kappa shape index (κ2) is 5.77. The van der Waals surface area contributed by atoms with E-state index in [0.29, 0.717) is 5.56 Å². The van der Waals surface area contributed by atoms with Crippen LogP contribution in [0.2, 0.25) is 0 Å². The average Bonchev–Trinajstić information content (AvgIpc) is 2.30. The van der Waals surface area contributed by atoms with Crippen LogP contribution in [0.1, 0.15) is 38.3 Å². The van der Waals surface area contributed by atoms with Gasteiger partial charge in [-0.05, 0) is 39.8 Å². The second-order valence-electron chi connectivity index (χ2n) is 5.50. The first kappa shape index (κ1) is 16.4. The number of aliphatic carboxylic acids is 1. The minimum Gasteiger partial charge on any atom is -0.493 e. The van der Waals surface area contributed by atoms with Gasteiger partial charge < -0.3 is 9.84 Å². The molecule has 0 bridgehead atoms. The van der Waals surface area contributed by atoms with Gasteiger partial charge in [0, 0.05) is 6.42 Å². The summed E-state index contributed by atoms with van der Waals surface area (Å²) < 4.78 is 34.1. The number of benzene rings is 1. The van der Waals surface area contributed by atoms with Gasteiger partial charge in [0.2, 0.25) is 0 Å². The lowest BCUT2D eigenvalue weighted by atomic mass is 9.84. The van der Waals surface area contributed by atoms with Crippen LogP contribution in [-0.4, -0.2) is 17.7 Å². The first-order chi connectivity index (χ1) is 9.10. The zero-order chi connectivity index (χ0) is 15.6. The fourth-order valence-corrected chi connectivity index (χ4v) is 1.94. The lowest BCUT2D eigenvalue weighted by Gasteiger charge is -2.27. The van der Waals surface area contributed by atoms with Gasteiger partial charge >= 0.3 is 5.97 Å². The van der Waals surface area contributed by atoms with E-state index in [1.807, 2.05) is 0 Å². The summed E-state index contributed by atoms with van der Waals surface area (Å²) in [6.07, 6.45) is -0.779. The van der Waals surface area contributed by atoms with Gasteiger partial charge in [0.25, 0.3) is 5.92 Å². The van der Waals surface area contributed by atoms with Crippen LogP contribution in [-0.2, 0) is 10.7 Å². The fourth-order valence-electron chi connectivity index (χ4n) is 1.94. The molecule has 112 valence electrons. The topological polar surface area (TPSA) is 46.5 Å². The predicted molar refractivity (Wildman–Crippen MR) is 72.3 cm³/mol. The highest BCUT2D eigenvalue weighted by Gasteiger charge is 2.44. The van der Waals surface area contributed by atoms with Crippen LogP contribution in [0.3, 0.4) is 0 Å². The van der Waals surface area contributed by atoms with E-state index >= 15 is 0 Å². The summed E-state index contributed by atoms with van der Waals surface area (Å²) in [5.41, 5.74) is -1.10. The van der Waals surface area contributed by atoms with Crippen LogP contribution in [0.4, 0.5) is 8.78 Å². The van der Waals surface area contributed by atoms with Crippen LogP contribution in [0, 0.1) is 12.3 Å². The summed E-state index contributed by atoms with van der Waals surface area (Å²) in [6, 6.07) is 4.53. The number of carboxylic acids is 1. The molecule has 0 saturated heterocycles. The van der Waals surface area contributed by atoms with Crippen molar-refractivity contribution in [1.29, 1.82) is 0 Å². The molecule has 0 amide bonds. The van der Waals surface area contributed by atoms with Crippen LogP contribution >= 0.6 is 0 Å². The number of carboxylic acid groups (broad SMARTS) is 1. The third-order valence-corrected chi connectivity index (χ3v) is 3.07. The maximum atomic E-state index is 14.4. The molecule has 0 saturated carbocycles. The number of rotatable bonds is 6. The third kappa shape index (κ3) is 3.68. The molecule has 0 unspecified atom stereocenters. The average molecular weight is 286 g/mol. The predicted octanol–water partition coefficient (Wildman–Crippen LogP) is 3.99. The zero-order valence-electron chi connectivity index (χ0n) is 12.2. The Morgan fingerprint density at radius 2 is 1.95 bits per heavy atom. The quantitative estimate of drug-likeness (QED) is 0.860. The molecule has 0 aliphatic rings. The fraction of sp³-hybridized carbons (Fsp3) is 0.533. The molecule has 0 radical (unpaired) electrons. The highest BCUT2D eigenvalue weighted by atomic mass is 19.3. The van der Waals surface area contributed by atoms with Crippen LogP contribution in [0.5, 0.6) is 5.75 Å². The standard InChI is InChI=1S/C15H20F2O3/c1-5-20-12-7-6-10(2)8-11(12)15(16,17)9-14(3,4)13(18)19/h6-8H,5,9H2,1-4H3,(H,18,19). The number of hydrogen-bond donors (Lipinski definition) is 1. The number of hydrogen-bond acceptors (Lipinski definition) is 2. The highest BCUT2D eigenvalue weighted by molar-refractivity contribution is 5.73. The largest absolute Gasteiger partial charge is 0.493 e. The first-order valence-electron chi connectivity index (χ1n) is 6.45. The second-order valence-corrected chi connectivity index (χ2v) is 5.50. The van der Waals surface area contributed by atoms with Gasteiger partial charge in [-0.15, -0.1) is 0 Å². The minimum atomic E-state index is -3.27. The Bertz CT molecular complexity index is 496. The van der Waals surface area contributed by atoms with E-state index < -0.39 is 23.7 Å². The Hall–Kier alpha value is -1.65. The van der Waals surface area contributed by atoms with Crippen molar-refractivity contribution in [3.05, 3.63) is 29.3 Å². The van der Waals surface area contributed by atoms with Gasteiger partial charge in [-0.2, -0.15) is 0 Å². The van der Waals surface area contributed by atoms with Crippen molar-refractivity contribution in [3.8, 4) is 5.75 Å². The number of halogens is 2. The summed E-state index contributed by atoms with van der Waals surface area (Å²) in [6.45, 7) is 6.27. The molecule has 0 atom stereocenters. The van der Waals surface area contributed by atoms with Crippen molar-refractivity contribution in [2.45, 2.75) is 40.0 Å². The Morgan fingerprint density at radius 3 is 2.45 bits per heavy atom. The number of ether oxygens (including phenoxy) is 1. The van der Waals surface area contributed by atoms with E-state index in [1.54, 1.807) is 19.9 Å². The smallest absolute Gasteiger partial charge is 0.309 e. The molecule has 1 N–H and O–H groups in total. The third-order valence-electron chi connectivity index (χ3n) is 3.07. The normalized spacial score (nSPS) is 12.3. The van der Waals surface area contributed by atoms with Gasteiger partial charge in [0.1, 0.15) is 5.75 Å². The van der Waals surface area contributed by atoms with Crippen molar-refractivity contribution in [3.63, 3.8) is 0 Å². The van der Waals surface area contributed by atoms with E-state index in [0.717, 1.165) is 0 Å². The molecular formula is C15H20F2O3. The Labute approximate surface area is 117 Å². The molecular weight excluding hydrogens is 266 g/mol. The molecule has 0 spiro atoms. The Balaban J connectivity index is 3.20. The SMILES string of the molecule is CCOc1ccc(C)cc1C(F)(F)CC(C)(C)C(=O)O. The zero-order valence-corrected chi connectivity index (χ0v) is 12.2. The first-order valence-corrected chi connectivity index (χ1v) is 6.45. The highest BCUT2D eigenvalue weighted by Crippen LogP contribution is 2.43. The molecule has 0 aliphatic carbocycles. The molecule has 0 fully saturated rings. The molecule has 1 aromatic rings. The Kier molecular flexibility index (Phi) is 4.73. The van der Waals surface area contributed by atoms with E-state index in [-0.39, 0.29) is 17.9 Å². The minimum absolute atomic E-state index is 0.101. The van der Waals surface area contributed by atoms with E-state index in [9.17, 15) is 13.6 Å². The molecule has 0 heterocycles. The van der Waals surface area contributed by atoms with Gasteiger partial charge in [-0.3, -0.25) is 4.79 Å². The lowest BCUT2D eigenvalue weighted by Crippen LogP contribution is -2.31. The van der Waals surface area contributed by atoms with E-state index in [1.165, 1.54) is 26.0 Å². The maximum Gasteiger partial charge on any atom is 0.309 e. The summed E-state index contributed by atoms with van der Waals surface area (Å²) in [5.74, 6) is -4.41. The van der Waals surface area contributed by atoms with E-state index in [2.05, 4.69) is 0 Å². The maximum absolute atomic E-state index is 14.4. The van der Waals surface area contributed by atoms with Crippen LogP contribution < -0.4 is 4.74 Å². The van der Waals surface area contributed by atoms with Crippen molar-refractivity contribution >= 4 is 5.97 Å². The number of aryl methyl sites for hydroxylation is 1. The van der Waals surface area contributed by atoms with Crippen molar-refractivity contribution < 1.29 is 23.4 Å². The van der Waals surface area contributed by atoms with Crippen LogP contribution in [0.25, 0.3) is 0 Å². The molecule has 1 rings (SSSR count). The van der Waals surface area contributed by atoms with Gasteiger partial charge in [0.15, 0.2) is 0 Å². The molecule has 0 aromatic heterocycles. The summed E-state index contributed by atoms with van der Waals surface area (Å²) >= 11 is 0. The molecule has 3 nitrogen and oxygen atoms in total. The monoisotopic (exact) mass is 286 g/mol. The summed E-state index contributed by atoms with van der Waals surface area (Å²) in [7, 11) is 0. The van der Waals surface area contributed by atoms with Crippen molar-refractivity contribution in [2.75, 3.05) is 6.61 Å². The number of carbonyl (C=O) groups is 1. The Morgan fingerprint density at radius 1 is 1.35 bits per heavy atom.